The molecule has 0 saturated carbocycles. The standard InChI is InChI=1S/C18H22N4O3/c1-14(23)20-10-11-22(18(24)13-21-9-5-8-19-21)16(12-20)15-6-3-4-7-17(15)25-2/h3-9,16H,10-13H2,1-2H3/t16-/m1/s1. The van der Waals surface area contributed by atoms with Gasteiger partial charge in [0.15, 0.2) is 0 Å². The smallest absolute Gasteiger partial charge is 0.244 e. The van der Waals surface area contributed by atoms with Crippen molar-refractivity contribution in [2.45, 2.75) is 19.5 Å². The number of amides is 2. The molecule has 7 nitrogen and oxygen atoms in total. The van der Waals surface area contributed by atoms with E-state index in [4.69, 9.17) is 4.74 Å². The summed E-state index contributed by atoms with van der Waals surface area (Å²) in [6, 6.07) is 9.18. The van der Waals surface area contributed by atoms with Gasteiger partial charge in [-0.15, -0.1) is 0 Å². The number of hydrogen-bond donors (Lipinski definition) is 0. The van der Waals surface area contributed by atoms with Gasteiger partial charge in [-0.2, -0.15) is 5.10 Å². The van der Waals surface area contributed by atoms with Crippen LogP contribution in [0.5, 0.6) is 5.75 Å². The summed E-state index contributed by atoms with van der Waals surface area (Å²) < 4.78 is 7.08. The fourth-order valence-corrected chi connectivity index (χ4v) is 3.20. The molecule has 0 bridgehead atoms. The highest BCUT2D eigenvalue weighted by molar-refractivity contribution is 5.78. The van der Waals surface area contributed by atoms with Crippen LogP contribution in [0, 0.1) is 0 Å². The number of nitrogens with zero attached hydrogens (tertiary/aromatic N) is 4. The van der Waals surface area contributed by atoms with Crippen molar-refractivity contribution in [3.63, 3.8) is 0 Å². The molecule has 1 fully saturated rings. The first-order chi connectivity index (χ1) is 12.1. The third kappa shape index (κ3) is 3.65. The molecule has 1 saturated heterocycles. The molecule has 0 unspecified atom stereocenters. The van der Waals surface area contributed by atoms with Gasteiger partial charge < -0.3 is 14.5 Å². The van der Waals surface area contributed by atoms with Crippen molar-refractivity contribution in [2.24, 2.45) is 0 Å². The molecule has 7 heteroatoms. The van der Waals surface area contributed by atoms with Crippen LogP contribution in [0.25, 0.3) is 0 Å². The summed E-state index contributed by atoms with van der Waals surface area (Å²) in [4.78, 5) is 28.3. The van der Waals surface area contributed by atoms with E-state index in [1.165, 1.54) is 0 Å². The van der Waals surface area contributed by atoms with E-state index in [0.717, 1.165) is 11.3 Å². The minimum Gasteiger partial charge on any atom is -0.496 e. The zero-order valence-corrected chi connectivity index (χ0v) is 14.5. The van der Waals surface area contributed by atoms with Crippen molar-refractivity contribution >= 4 is 11.8 Å². The lowest BCUT2D eigenvalue weighted by atomic mass is 10.0. The second-order valence-corrected chi connectivity index (χ2v) is 6.01. The second kappa shape index (κ2) is 7.38. The molecule has 0 aliphatic carbocycles. The number of piperazine rings is 1. The number of aromatic nitrogens is 2. The average Bonchev–Trinajstić information content (AvgIpc) is 3.14. The summed E-state index contributed by atoms with van der Waals surface area (Å²) in [5.41, 5.74) is 0.907. The Balaban J connectivity index is 1.89. The van der Waals surface area contributed by atoms with Crippen LogP contribution < -0.4 is 4.74 Å². The van der Waals surface area contributed by atoms with E-state index in [1.54, 1.807) is 42.1 Å². The maximum atomic E-state index is 12.8. The molecule has 1 atom stereocenters. The molecule has 132 valence electrons. The Bertz CT molecular complexity index is 745. The molecule has 1 aromatic carbocycles. The Morgan fingerprint density at radius 3 is 2.72 bits per heavy atom. The van der Waals surface area contributed by atoms with Gasteiger partial charge in [-0.05, 0) is 12.1 Å². The van der Waals surface area contributed by atoms with E-state index in [9.17, 15) is 9.59 Å². The SMILES string of the molecule is COc1ccccc1[C@H]1CN(C(C)=O)CCN1C(=O)Cn1cccn1. The predicted molar refractivity (Wildman–Crippen MR) is 91.9 cm³/mol. The second-order valence-electron chi connectivity index (χ2n) is 6.01. The van der Waals surface area contributed by atoms with E-state index in [0.29, 0.717) is 19.6 Å². The molecule has 0 N–H and O–H groups in total. The predicted octanol–water partition coefficient (Wildman–Crippen LogP) is 1.32. The van der Waals surface area contributed by atoms with Crippen LogP contribution >= 0.6 is 0 Å². The van der Waals surface area contributed by atoms with Crippen molar-refractivity contribution in [1.29, 1.82) is 0 Å². The molecule has 2 heterocycles. The first-order valence-electron chi connectivity index (χ1n) is 8.25. The van der Waals surface area contributed by atoms with E-state index < -0.39 is 0 Å². The molecule has 1 aliphatic rings. The minimum absolute atomic E-state index is 0.0130. The van der Waals surface area contributed by atoms with Crippen molar-refractivity contribution in [3.8, 4) is 5.75 Å². The Kier molecular flexibility index (Phi) is 5.02. The van der Waals surface area contributed by atoms with Gasteiger partial charge in [-0.1, -0.05) is 18.2 Å². The Morgan fingerprint density at radius 1 is 1.24 bits per heavy atom. The normalized spacial score (nSPS) is 17.4. The Labute approximate surface area is 146 Å². The van der Waals surface area contributed by atoms with Crippen molar-refractivity contribution in [1.82, 2.24) is 19.6 Å². The number of carbonyl (C=O) groups is 2. The monoisotopic (exact) mass is 342 g/mol. The van der Waals surface area contributed by atoms with Gasteiger partial charge in [-0.25, -0.2) is 0 Å². The molecule has 3 rings (SSSR count). The third-order valence-corrected chi connectivity index (χ3v) is 4.50. The lowest BCUT2D eigenvalue weighted by Gasteiger charge is -2.41. The number of methoxy groups -OCH3 is 1. The highest BCUT2D eigenvalue weighted by Gasteiger charge is 2.34. The average molecular weight is 342 g/mol. The van der Waals surface area contributed by atoms with Crippen LogP contribution in [-0.2, 0) is 16.1 Å². The molecule has 1 aromatic heterocycles. The minimum atomic E-state index is -0.239. The van der Waals surface area contributed by atoms with Crippen molar-refractivity contribution < 1.29 is 14.3 Å². The number of rotatable bonds is 4. The maximum Gasteiger partial charge on any atom is 0.244 e. The topological polar surface area (TPSA) is 67.7 Å². The van der Waals surface area contributed by atoms with Crippen LogP contribution in [-0.4, -0.2) is 58.1 Å². The zero-order chi connectivity index (χ0) is 17.8. The summed E-state index contributed by atoms with van der Waals surface area (Å²) in [6.45, 7) is 3.22. The van der Waals surface area contributed by atoms with Crippen LogP contribution in [0.3, 0.4) is 0 Å². The Morgan fingerprint density at radius 2 is 2.04 bits per heavy atom. The van der Waals surface area contributed by atoms with Crippen LogP contribution in [0.4, 0.5) is 0 Å². The lowest BCUT2D eigenvalue weighted by molar-refractivity contribution is -0.142. The summed E-state index contributed by atoms with van der Waals surface area (Å²) in [7, 11) is 1.61. The van der Waals surface area contributed by atoms with Gasteiger partial charge in [0.05, 0.1) is 13.2 Å². The number of para-hydroxylation sites is 1. The lowest BCUT2D eigenvalue weighted by Crippen LogP contribution is -2.52. The van der Waals surface area contributed by atoms with Gasteiger partial charge in [0, 0.05) is 44.5 Å². The summed E-state index contributed by atoms with van der Waals surface area (Å²) in [6.07, 6.45) is 3.42. The number of benzene rings is 1. The zero-order valence-electron chi connectivity index (χ0n) is 14.5. The van der Waals surface area contributed by atoms with Gasteiger partial charge in [0.2, 0.25) is 11.8 Å². The summed E-state index contributed by atoms with van der Waals surface area (Å²) >= 11 is 0. The van der Waals surface area contributed by atoms with E-state index in [-0.39, 0.29) is 24.4 Å². The van der Waals surface area contributed by atoms with Gasteiger partial charge in [0.25, 0.3) is 0 Å². The van der Waals surface area contributed by atoms with Crippen molar-refractivity contribution in [3.05, 3.63) is 48.3 Å². The molecule has 0 radical (unpaired) electrons. The quantitative estimate of drug-likeness (QED) is 0.840. The number of hydrogen-bond acceptors (Lipinski definition) is 4. The van der Waals surface area contributed by atoms with Crippen LogP contribution in [0.2, 0.25) is 0 Å². The Hall–Kier alpha value is -2.83. The molecule has 2 amide bonds. The van der Waals surface area contributed by atoms with Gasteiger partial charge in [-0.3, -0.25) is 14.3 Å². The molecule has 0 spiro atoms. The summed E-state index contributed by atoms with van der Waals surface area (Å²) in [5, 5.41) is 4.11. The van der Waals surface area contributed by atoms with E-state index >= 15 is 0 Å². The molecule has 2 aromatic rings. The molecular formula is C18H22N4O3. The van der Waals surface area contributed by atoms with Crippen LogP contribution in [0.15, 0.2) is 42.7 Å². The first kappa shape index (κ1) is 17.0. The van der Waals surface area contributed by atoms with Gasteiger partial charge >= 0.3 is 0 Å². The van der Waals surface area contributed by atoms with Crippen LogP contribution in [0.1, 0.15) is 18.5 Å². The van der Waals surface area contributed by atoms with E-state index in [1.807, 2.05) is 29.2 Å². The molecular weight excluding hydrogens is 320 g/mol. The van der Waals surface area contributed by atoms with Crippen molar-refractivity contribution in [2.75, 3.05) is 26.7 Å². The van der Waals surface area contributed by atoms with E-state index in [2.05, 4.69) is 5.10 Å². The largest absolute Gasteiger partial charge is 0.496 e. The first-order valence-corrected chi connectivity index (χ1v) is 8.25. The number of carbonyl (C=O) groups excluding carboxylic acids is 2. The molecule has 25 heavy (non-hydrogen) atoms. The fraction of sp³-hybridized carbons (Fsp3) is 0.389. The third-order valence-electron chi connectivity index (χ3n) is 4.50. The highest BCUT2D eigenvalue weighted by atomic mass is 16.5. The number of ether oxygens (including phenoxy) is 1. The summed E-state index contributed by atoms with van der Waals surface area (Å²) in [5.74, 6) is 0.705. The maximum absolute atomic E-state index is 12.8. The molecule has 1 aliphatic heterocycles. The van der Waals surface area contributed by atoms with Gasteiger partial charge in [0.1, 0.15) is 12.3 Å². The fourth-order valence-electron chi connectivity index (χ4n) is 3.20. The highest BCUT2D eigenvalue weighted by Crippen LogP contribution is 2.32.